The molecule has 0 saturated carbocycles. The van der Waals surface area contributed by atoms with E-state index in [0.29, 0.717) is 35.6 Å². The molecule has 23 heavy (non-hydrogen) atoms. The average molecular weight is 318 g/mol. The third kappa shape index (κ3) is 2.57. The summed E-state index contributed by atoms with van der Waals surface area (Å²) in [5.74, 6) is 0.511. The van der Waals surface area contributed by atoms with E-state index in [1.54, 1.807) is 6.07 Å². The van der Waals surface area contributed by atoms with Gasteiger partial charge < -0.3 is 5.32 Å². The highest BCUT2D eigenvalue weighted by atomic mass is 19.4. The number of rotatable bonds is 2. The molecular weight excluding hydrogens is 305 g/mol. The van der Waals surface area contributed by atoms with Gasteiger partial charge in [0.2, 0.25) is 0 Å². The minimum atomic E-state index is -4.40. The fourth-order valence-electron chi connectivity index (χ4n) is 2.66. The number of nitrogens with one attached hydrogen (secondary N) is 1. The Balaban J connectivity index is 2.19. The summed E-state index contributed by atoms with van der Waals surface area (Å²) in [7, 11) is 0. The molecule has 0 fully saturated rings. The lowest BCUT2D eigenvalue weighted by Gasteiger charge is -2.24. The van der Waals surface area contributed by atoms with Crippen molar-refractivity contribution in [3.8, 4) is 6.07 Å². The lowest BCUT2D eigenvalue weighted by Crippen LogP contribution is -2.20. The monoisotopic (exact) mass is 318 g/mol. The molecule has 0 unspecified atom stereocenters. The number of halogens is 3. The first kappa shape index (κ1) is 15.2. The Labute approximate surface area is 130 Å². The smallest absolute Gasteiger partial charge is 0.365 e. The van der Waals surface area contributed by atoms with Crippen LogP contribution in [0.3, 0.4) is 0 Å². The van der Waals surface area contributed by atoms with Crippen LogP contribution in [-0.4, -0.2) is 16.3 Å². The highest BCUT2D eigenvalue weighted by molar-refractivity contribution is 5.76. The van der Waals surface area contributed by atoms with Crippen molar-refractivity contribution in [1.82, 2.24) is 9.78 Å². The number of alkyl halides is 3. The summed E-state index contributed by atoms with van der Waals surface area (Å²) in [6.45, 7) is 2.41. The summed E-state index contributed by atoms with van der Waals surface area (Å²) in [4.78, 5) is 0. The zero-order valence-corrected chi connectivity index (χ0v) is 12.3. The number of benzene rings is 1. The average Bonchev–Trinajstić information content (AvgIpc) is 2.96. The van der Waals surface area contributed by atoms with E-state index < -0.39 is 11.7 Å². The van der Waals surface area contributed by atoms with Crippen LogP contribution in [0.15, 0.2) is 36.0 Å². The number of hydrogen-bond acceptors (Lipinski definition) is 3. The molecule has 2 aromatic rings. The molecule has 0 spiro atoms. The fraction of sp³-hybridized carbons (Fsp3) is 0.250. The second-order valence-corrected chi connectivity index (χ2v) is 5.17. The first-order valence-electron chi connectivity index (χ1n) is 7.07. The Morgan fingerprint density at radius 3 is 2.83 bits per heavy atom. The van der Waals surface area contributed by atoms with Crippen molar-refractivity contribution in [3.05, 3.63) is 52.7 Å². The van der Waals surface area contributed by atoms with Crippen LogP contribution in [0.25, 0.3) is 5.70 Å². The number of anilines is 1. The minimum Gasteiger partial charge on any atom is -0.365 e. The molecule has 3 rings (SSSR count). The van der Waals surface area contributed by atoms with Gasteiger partial charge in [0.25, 0.3) is 0 Å². The van der Waals surface area contributed by atoms with Gasteiger partial charge in [0.1, 0.15) is 17.5 Å². The molecular formula is C16H13F3N4. The highest BCUT2D eigenvalue weighted by Crippen LogP contribution is 2.35. The van der Waals surface area contributed by atoms with E-state index in [0.717, 1.165) is 17.7 Å². The van der Waals surface area contributed by atoms with Crippen molar-refractivity contribution < 1.29 is 13.2 Å². The Morgan fingerprint density at radius 1 is 1.39 bits per heavy atom. The number of hydrogen-bond donors (Lipinski definition) is 1. The summed E-state index contributed by atoms with van der Waals surface area (Å²) in [5.41, 5.74) is 1.64. The van der Waals surface area contributed by atoms with E-state index in [1.807, 2.05) is 13.0 Å². The minimum absolute atomic E-state index is 0.365. The summed E-state index contributed by atoms with van der Waals surface area (Å²) in [5, 5.41) is 16.4. The molecule has 1 aliphatic heterocycles. The van der Waals surface area contributed by atoms with Crippen molar-refractivity contribution >= 4 is 11.5 Å². The van der Waals surface area contributed by atoms with Gasteiger partial charge in [0.15, 0.2) is 0 Å². The molecule has 2 heterocycles. The maximum Gasteiger partial charge on any atom is 0.416 e. The molecule has 0 radical (unpaired) electrons. The molecule has 1 N–H and O–H groups in total. The number of aromatic nitrogens is 2. The summed E-state index contributed by atoms with van der Waals surface area (Å²) in [6, 6.07) is 7.20. The molecule has 1 aromatic carbocycles. The first-order valence-corrected chi connectivity index (χ1v) is 7.07. The van der Waals surface area contributed by atoms with Crippen LogP contribution in [0.5, 0.6) is 0 Å². The molecule has 4 nitrogen and oxygen atoms in total. The molecule has 0 aliphatic carbocycles. The molecule has 1 aromatic heterocycles. The van der Waals surface area contributed by atoms with Crippen LogP contribution in [-0.2, 0) is 6.18 Å². The molecule has 0 amide bonds. The van der Waals surface area contributed by atoms with E-state index in [2.05, 4.69) is 10.4 Å². The second-order valence-electron chi connectivity index (χ2n) is 5.17. The van der Waals surface area contributed by atoms with Crippen molar-refractivity contribution in [3.63, 3.8) is 0 Å². The van der Waals surface area contributed by atoms with Gasteiger partial charge >= 0.3 is 6.18 Å². The molecule has 118 valence electrons. The third-order valence-corrected chi connectivity index (χ3v) is 3.80. The zero-order chi connectivity index (χ0) is 16.6. The number of nitriles is 1. The van der Waals surface area contributed by atoms with Crippen LogP contribution in [0, 0.1) is 11.3 Å². The van der Waals surface area contributed by atoms with Crippen molar-refractivity contribution in [2.24, 2.45) is 0 Å². The quantitative estimate of drug-likeness (QED) is 0.914. The van der Waals surface area contributed by atoms with Gasteiger partial charge in [0.05, 0.1) is 17.5 Å². The van der Waals surface area contributed by atoms with Crippen molar-refractivity contribution in [1.29, 1.82) is 5.26 Å². The van der Waals surface area contributed by atoms with Crippen LogP contribution in [0.1, 0.15) is 30.0 Å². The predicted molar refractivity (Wildman–Crippen MR) is 79.5 cm³/mol. The van der Waals surface area contributed by atoms with Gasteiger partial charge in [-0.3, -0.25) is 0 Å². The summed E-state index contributed by atoms with van der Waals surface area (Å²) < 4.78 is 40.4. The Kier molecular flexibility index (Phi) is 3.60. The number of fused-ring (bicyclic) bond motifs is 1. The van der Waals surface area contributed by atoms with Gasteiger partial charge in [-0.25, -0.2) is 4.68 Å². The standard InChI is InChI=1S/C16H13F3N4/c1-2-10-8-21-15-12(7-20)9-22-23(15)14(10)11-4-3-5-13(6-11)16(17,18)19/h3-6,9,21H,2,8H2,1H3. The first-order chi connectivity index (χ1) is 11.0. The Morgan fingerprint density at radius 2 is 2.17 bits per heavy atom. The highest BCUT2D eigenvalue weighted by Gasteiger charge is 2.31. The molecule has 0 bridgehead atoms. The van der Waals surface area contributed by atoms with E-state index in [9.17, 15) is 13.2 Å². The van der Waals surface area contributed by atoms with E-state index in [1.165, 1.54) is 16.9 Å². The number of nitrogens with zero attached hydrogens (tertiary/aromatic N) is 3. The van der Waals surface area contributed by atoms with E-state index in [4.69, 9.17) is 5.26 Å². The lowest BCUT2D eigenvalue weighted by molar-refractivity contribution is -0.137. The summed E-state index contributed by atoms with van der Waals surface area (Å²) in [6.07, 6.45) is -2.32. The molecule has 7 heteroatoms. The van der Waals surface area contributed by atoms with E-state index >= 15 is 0 Å². The largest absolute Gasteiger partial charge is 0.416 e. The maximum absolute atomic E-state index is 13.0. The molecule has 1 aliphatic rings. The van der Waals surface area contributed by atoms with Gasteiger partial charge in [-0.1, -0.05) is 19.1 Å². The topological polar surface area (TPSA) is 53.6 Å². The Hall–Kier alpha value is -2.75. The Bertz CT molecular complexity index is 825. The van der Waals surface area contributed by atoms with Gasteiger partial charge in [-0.15, -0.1) is 0 Å². The van der Waals surface area contributed by atoms with E-state index in [-0.39, 0.29) is 0 Å². The van der Waals surface area contributed by atoms with Gasteiger partial charge in [-0.05, 0) is 24.1 Å². The van der Waals surface area contributed by atoms with Crippen LogP contribution >= 0.6 is 0 Å². The third-order valence-electron chi connectivity index (χ3n) is 3.80. The predicted octanol–water partition coefficient (Wildman–Crippen LogP) is 3.87. The van der Waals surface area contributed by atoms with Gasteiger partial charge in [0, 0.05) is 12.1 Å². The zero-order valence-electron chi connectivity index (χ0n) is 12.3. The van der Waals surface area contributed by atoms with Crippen LogP contribution < -0.4 is 5.32 Å². The summed E-state index contributed by atoms with van der Waals surface area (Å²) >= 11 is 0. The van der Waals surface area contributed by atoms with Crippen LogP contribution in [0.4, 0.5) is 19.0 Å². The molecule has 0 atom stereocenters. The maximum atomic E-state index is 13.0. The lowest BCUT2D eigenvalue weighted by atomic mass is 10.0. The normalized spacial score (nSPS) is 14.2. The fourth-order valence-corrected chi connectivity index (χ4v) is 2.66. The molecule has 0 saturated heterocycles. The SMILES string of the molecule is CCC1=C(c2cccc(C(F)(F)F)c2)n2ncc(C#N)c2NC1. The van der Waals surface area contributed by atoms with Crippen molar-refractivity contribution in [2.45, 2.75) is 19.5 Å². The van der Waals surface area contributed by atoms with Gasteiger partial charge in [-0.2, -0.15) is 23.5 Å². The van der Waals surface area contributed by atoms with Crippen LogP contribution in [0.2, 0.25) is 0 Å². The second kappa shape index (κ2) is 5.47. The van der Waals surface area contributed by atoms with Crippen molar-refractivity contribution in [2.75, 3.05) is 11.9 Å².